The number of hydrogen-bond donors (Lipinski definition) is 0. The van der Waals surface area contributed by atoms with Crippen molar-refractivity contribution in [3.05, 3.63) is 58.4 Å². The van der Waals surface area contributed by atoms with Crippen LogP contribution in [0.3, 0.4) is 0 Å². The molecule has 2 aromatic rings. The lowest BCUT2D eigenvalue weighted by molar-refractivity contribution is 0.103. The molecule has 5 heteroatoms. The fourth-order valence-electron chi connectivity index (χ4n) is 1.74. The van der Waals surface area contributed by atoms with Gasteiger partial charge >= 0.3 is 0 Å². The lowest BCUT2D eigenvalue weighted by atomic mass is 10.0. The minimum atomic E-state index is -0.563. The van der Waals surface area contributed by atoms with E-state index in [0.29, 0.717) is 22.6 Å². The quantitative estimate of drug-likeness (QED) is 0.806. The van der Waals surface area contributed by atoms with Gasteiger partial charge in [0.15, 0.2) is 5.78 Å². The Kier molecular flexibility index (Phi) is 4.25. The van der Waals surface area contributed by atoms with Gasteiger partial charge in [0.2, 0.25) is 0 Å². The van der Waals surface area contributed by atoms with Crippen molar-refractivity contribution >= 4 is 17.4 Å². The van der Waals surface area contributed by atoms with Crippen LogP contribution in [0, 0.1) is 5.82 Å². The average Bonchev–Trinajstić information content (AvgIpc) is 2.48. The van der Waals surface area contributed by atoms with Crippen LogP contribution in [0.25, 0.3) is 0 Å². The third-order valence-corrected chi connectivity index (χ3v) is 3.09. The number of rotatable bonds is 4. The van der Waals surface area contributed by atoms with Crippen LogP contribution in [-0.2, 0) is 0 Å². The number of ketones is 1. The second-order valence-electron chi connectivity index (χ2n) is 4.06. The van der Waals surface area contributed by atoms with Crippen molar-refractivity contribution in [3.8, 4) is 11.5 Å². The van der Waals surface area contributed by atoms with Gasteiger partial charge in [0.1, 0.15) is 17.3 Å². The van der Waals surface area contributed by atoms with Crippen LogP contribution in [-0.4, -0.2) is 20.0 Å². The molecule has 0 saturated heterocycles. The highest BCUT2D eigenvalue weighted by atomic mass is 35.5. The predicted molar refractivity (Wildman–Crippen MR) is 74.4 cm³/mol. The second-order valence-corrected chi connectivity index (χ2v) is 4.47. The molecule has 104 valence electrons. The Morgan fingerprint density at radius 3 is 2.10 bits per heavy atom. The largest absolute Gasteiger partial charge is 0.497 e. The summed E-state index contributed by atoms with van der Waals surface area (Å²) in [6.07, 6.45) is 0. The van der Waals surface area contributed by atoms with Crippen LogP contribution in [0.4, 0.5) is 4.39 Å². The van der Waals surface area contributed by atoms with E-state index in [4.69, 9.17) is 21.1 Å². The van der Waals surface area contributed by atoms with Crippen molar-refractivity contribution in [1.82, 2.24) is 0 Å². The van der Waals surface area contributed by atoms with E-state index in [1.807, 2.05) is 0 Å². The smallest absolute Gasteiger partial charge is 0.193 e. The highest BCUT2D eigenvalue weighted by Crippen LogP contribution is 2.25. The zero-order chi connectivity index (χ0) is 14.7. The molecule has 2 rings (SSSR count). The molecule has 2 aromatic carbocycles. The number of benzene rings is 2. The molecule has 0 spiro atoms. The SMILES string of the molecule is COc1cc(OC)cc(C(=O)c2ccc(F)c(Cl)c2)c1. The Balaban J connectivity index is 2.44. The molecule has 0 unspecified atom stereocenters. The highest BCUT2D eigenvalue weighted by molar-refractivity contribution is 6.31. The van der Waals surface area contributed by atoms with E-state index >= 15 is 0 Å². The second kappa shape index (κ2) is 5.92. The fraction of sp³-hybridized carbons (Fsp3) is 0.133. The summed E-state index contributed by atoms with van der Waals surface area (Å²) in [4.78, 5) is 12.4. The summed E-state index contributed by atoms with van der Waals surface area (Å²) in [6, 6.07) is 8.67. The van der Waals surface area contributed by atoms with Gasteiger partial charge in [-0.3, -0.25) is 4.79 Å². The van der Waals surface area contributed by atoms with Crippen molar-refractivity contribution in [2.75, 3.05) is 14.2 Å². The van der Waals surface area contributed by atoms with Gasteiger partial charge in [-0.2, -0.15) is 0 Å². The van der Waals surface area contributed by atoms with Crippen molar-refractivity contribution in [1.29, 1.82) is 0 Å². The number of methoxy groups -OCH3 is 2. The third-order valence-electron chi connectivity index (χ3n) is 2.80. The number of carbonyl (C=O) groups is 1. The third kappa shape index (κ3) is 2.91. The first-order valence-electron chi connectivity index (χ1n) is 5.78. The van der Waals surface area contributed by atoms with E-state index < -0.39 is 5.82 Å². The molecule has 3 nitrogen and oxygen atoms in total. The Bertz CT molecular complexity index is 633. The number of ether oxygens (including phenoxy) is 2. The molecule has 0 radical (unpaired) electrons. The molecule has 0 bridgehead atoms. The molecular weight excluding hydrogens is 283 g/mol. The zero-order valence-corrected chi connectivity index (χ0v) is 11.7. The maximum Gasteiger partial charge on any atom is 0.193 e. The first-order chi connectivity index (χ1) is 9.55. The molecular formula is C15H12ClFO3. The zero-order valence-electron chi connectivity index (χ0n) is 10.9. The monoisotopic (exact) mass is 294 g/mol. The Hall–Kier alpha value is -2.07. The van der Waals surface area contributed by atoms with E-state index in [9.17, 15) is 9.18 Å². The molecule has 0 atom stereocenters. The van der Waals surface area contributed by atoms with Crippen LogP contribution in [0.2, 0.25) is 5.02 Å². The summed E-state index contributed by atoms with van der Waals surface area (Å²) in [5.41, 5.74) is 0.676. The van der Waals surface area contributed by atoms with Crippen LogP contribution in [0.1, 0.15) is 15.9 Å². The molecule has 0 heterocycles. The van der Waals surface area contributed by atoms with E-state index in [0.717, 1.165) is 6.07 Å². The summed E-state index contributed by atoms with van der Waals surface area (Å²) >= 11 is 5.69. The predicted octanol–water partition coefficient (Wildman–Crippen LogP) is 3.73. The summed E-state index contributed by atoms with van der Waals surface area (Å²) < 4.78 is 23.3. The number of hydrogen-bond acceptors (Lipinski definition) is 3. The van der Waals surface area contributed by atoms with Crippen molar-refractivity contribution < 1.29 is 18.7 Å². The molecule has 0 amide bonds. The van der Waals surface area contributed by atoms with Gasteiger partial charge in [-0.25, -0.2) is 4.39 Å². The van der Waals surface area contributed by atoms with Gasteiger partial charge in [0.25, 0.3) is 0 Å². The maximum absolute atomic E-state index is 13.1. The number of carbonyl (C=O) groups excluding carboxylic acids is 1. The lowest BCUT2D eigenvalue weighted by Gasteiger charge is -2.08. The number of halogens is 2. The van der Waals surface area contributed by atoms with Crippen molar-refractivity contribution in [2.45, 2.75) is 0 Å². The van der Waals surface area contributed by atoms with Crippen molar-refractivity contribution in [3.63, 3.8) is 0 Å². The molecule has 0 saturated carbocycles. The van der Waals surface area contributed by atoms with E-state index in [1.165, 1.54) is 26.4 Å². The van der Waals surface area contributed by atoms with Gasteiger partial charge in [-0.05, 0) is 30.3 Å². The van der Waals surface area contributed by atoms with Crippen molar-refractivity contribution in [2.24, 2.45) is 0 Å². The minimum absolute atomic E-state index is 0.0919. The molecule has 0 fully saturated rings. The molecule has 20 heavy (non-hydrogen) atoms. The maximum atomic E-state index is 13.1. The summed E-state index contributed by atoms with van der Waals surface area (Å²) in [7, 11) is 3.00. The Labute approximate surface area is 120 Å². The van der Waals surface area contributed by atoms with Crippen LogP contribution < -0.4 is 9.47 Å². The summed E-state index contributed by atoms with van der Waals surface area (Å²) in [5.74, 6) is 0.150. The lowest BCUT2D eigenvalue weighted by Crippen LogP contribution is -2.03. The van der Waals surface area contributed by atoms with Gasteiger partial charge < -0.3 is 9.47 Å². The van der Waals surface area contributed by atoms with Gasteiger partial charge in [-0.15, -0.1) is 0 Å². The fourth-order valence-corrected chi connectivity index (χ4v) is 1.92. The van der Waals surface area contributed by atoms with Gasteiger partial charge in [-0.1, -0.05) is 11.6 Å². The van der Waals surface area contributed by atoms with E-state index in [1.54, 1.807) is 18.2 Å². The van der Waals surface area contributed by atoms with Crippen LogP contribution in [0.5, 0.6) is 11.5 Å². The summed E-state index contributed by atoms with van der Waals surface area (Å²) in [5, 5.41) is -0.0919. The summed E-state index contributed by atoms with van der Waals surface area (Å²) in [6.45, 7) is 0. The van der Waals surface area contributed by atoms with Crippen LogP contribution >= 0.6 is 11.6 Å². The Morgan fingerprint density at radius 2 is 1.60 bits per heavy atom. The standard InChI is InChI=1S/C15H12ClFO3/c1-19-11-5-10(6-12(8-11)20-2)15(18)9-3-4-14(17)13(16)7-9/h3-8H,1-2H3. The van der Waals surface area contributed by atoms with E-state index in [-0.39, 0.29) is 10.8 Å². The van der Waals surface area contributed by atoms with Gasteiger partial charge in [0, 0.05) is 17.2 Å². The molecule has 0 aliphatic rings. The minimum Gasteiger partial charge on any atom is -0.497 e. The molecule has 0 aliphatic heterocycles. The first-order valence-corrected chi connectivity index (χ1v) is 6.15. The Morgan fingerprint density at radius 1 is 1.00 bits per heavy atom. The van der Waals surface area contributed by atoms with Gasteiger partial charge in [0.05, 0.1) is 19.2 Å². The first kappa shape index (κ1) is 14.3. The van der Waals surface area contributed by atoms with E-state index in [2.05, 4.69) is 0 Å². The average molecular weight is 295 g/mol. The normalized spacial score (nSPS) is 10.2. The topological polar surface area (TPSA) is 35.5 Å². The molecule has 0 N–H and O–H groups in total. The van der Waals surface area contributed by atoms with Crippen LogP contribution in [0.15, 0.2) is 36.4 Å². The molecule has 0 aromatic heterocycles. The highest BCUT2D eigenvalue weighted by Gasteiger charge is 2.14. The molecule has 0 aliphatic carbocycles.